The molecule has 2 aromatic heterocycles. The molecule has 4 rings (SSSR count). The molecule has 0 atom stereocenters. The van der Waals surface area contributed by atoms with Gasteiger partial charge in [0.25, 0.3) is 0 Å². The number of hydrogen-bond acceptors (Lipinski definition) is 2. The Bertz CT molecular complexity index is 905. The number of aromatic amines is 1. The number of anilines is 1. The zero-order chi connectivity index (χ0) is 16.8. The first-order valence-electron chi connectivity index (χ1n) is 8.85. The van der Waals surface area contributed by atoms with E-state index in [1.54, 1.807) is 0 Å². The number of aromatic nitrogens is 2. The second-order valence-electron chi connectivity index (χ2n) is 7.26. The van der Waals surface area contributed by atoms with Crippen LogP contribution in [0.4, 0.5) is 5.82 Å². The highest BCUT2D eigenvalue weighted by Gasteiger charge is 2.22. The summed E-state index contributed by atoms with van der Waals surface area (Å²) in [6, 6.07) is 8.78. The second kappa shape index (κ2) is 5.66. The number of rotatable bonds is 2. The van der Waals surface area contributed by atoms with E-state index >= 15 is 0 Å². The first-order valence-corrected chi connectivity index (χ1v) is 8.85. The Morgan fingerprint density at radius 2 is 1.88 bits per heavy atom. The molecule has 1 N–H and O–H groups in total. The van der Waals surface area contributed by atoms with Crippen LogP contribution < -0.4 is 4.90 Å². The van der Waals surface area contributed by atoms with E-state index < -0.39 is 0 Å². The van der Waals surface area contributed by atoms with Crippen molar-refractivity contribution in [3.8, 4) is 0 Å². The van der Waals surface area contributed by atoms with Crippen LogP contribution in [0.25, 0.3) is 10.9 Å². The van der Waals surface area contributed by atoms with Crippen molar-refractivity contribution in [1.82, 2.24) is 9.97 Å². The van der Waals surface area contributed by atoms with E-state index in [9.17, 15) is 0 Å². The molecule has 0 saturated carbocycles. The van der Waals surface area contributed by atoms with E-state index in [1.807, 2.05) is 0 Å². The van der Waals surface area contributed by atoms with Crippen LogP contribution in [0.5, 0.6) is 0 Å². The van der Waals surface area contributed by atoms with Gasteiger partial charge in [0.15, 0.2) is 0 Å². The monoisotopic (exact) mass is 319 g/mol. The van der Waals surface area contributed by atoms with Gasteiger partial charge >= 0.3 is 0 Å². The van der Waals surface area contributed by atoms with Crippen molar-refractivity contribution in [2.24, 2.45) is 0 Å². The Morgan fingerprint density at radius 3 is 2.62 bits per heavy atom. The fraction of sp³-hybridized carbons (Fsp3) is 0.381. The van der Waals surface area contributed by atoms with Gasteiger partial charge in [0, 0.05) is 30.4 Å². The number of nitrogens with zero attached hydrogens (tertiary/aromatic N) is 2. The van der Waals surface area contributed by atoms with Crippen LogP contribution in [0.1, 0.15) is 47.7 Å². The van der Waals surface area contributed by atoms with Gasteiger partial charge in [-0.15, -0.1) is 0 Å². The summed E-state index contributed by atoms with van der Waals surface area (Å²) in [5, 5.41) is 1.30. The lowest BCUT2D eigenvalue weighted by atomic mass is 9.98. The molecule has 0 bridgehead atoms. The number of nitrogens with one attached hydrogen (secondary N) is 1. The molecule has 0 saturated heterocycles. The largest absolute Gasteiger partial charge is 0.358 e. The Labute approximate surface area is 143 Å². The van der Waals surface area contributed by atoms with Crippen LogP contribution in [0, 0.1) is 13.8 Å². The Hall–Kier alpha value is -2.29. The lowest BCUT2D eigenvalue weighted by Crippen LogP contribution is -2.31. The number of benzene rings is 1. The van der Waals surface area contributed by atoms with Crippen LogP contribution in [-0.4, -0.2) is 16.5 Å². The minimum absolute atomic E-state index is 0.466. The minimum Gasteiger partial charge on any atom is -0.358 e. The highest BCUT2D eigenvalue weighted by molar-refractivity contribution is 5.96. The molecule has 0 fully saturated rings. The third-order valence-electron chi connectivity index (χ3n) is 5.39. The van der Waals surface area contributed by atoms with Crippen LogP contribution in [0.2, 0.25) is 0 Å². The van der Waals surface area contributed by atoms with Gasteiger partial charge in [-0.25, -0.2) is 4.98 Å². The molecule has 3 heteroatoms. The first-order chi connectivity index (χ1) is 11.6. The third kappa shape index (κ3) is 2.31. The highest BCUT2D eigenvalue weighted by atomic mass is 15.2. The van der Waals surface area contributed by atoms with Crippen molar-refractivity contribution in [2.45, 2.75) is 46.6 Å². The summed E-state index contributed by atoms with van der Waals surface area (Å²) in [6.45, 7) is 10.8. The second-order valence-corrected chi connectivity index (χ2v) is 7.26. The van der Waals surface area contributed by atoms with Crippen molar-refractivity contribution >= 4 is 16.7 Å². The molecular formula is C21H25N3. The molecule has 0 radical (unpaired) electrons. The van der Waals surface area contributed by atoms with E-state index in [1.165, 1.54) is 38.9 Å². The normalized spacial score (nSPS) is 14.5. The van der Waals surface area contributed by atoms with Gasteiger partial charge in [0.2, 0.25) is 0 Å². The summed E-state index contributed by atoms with van der Waals surface area (Å²) in [7, 11) is 0. The number of aryl methyl sites for hydroxylation is 2. The Balaban J connectivity index is 1.85. The van der Waals surface area contributed by atoms with Gasteiger partial charge in [-0.3, -0.25) is 0 Å². The molecule has 0 spiro atoms. The van der Waals surface area contributed by atoms with Gasteiger partial charge in [0.05, 0.1) is 5.52 Å². The molecule has 0 unspecified atom stereocenters. The standard InChI is InChI=1S/C21H25N3/c1-13(2)18-11-22-21(19-14(3)15(4)23-20(18)19)24-10-9-16-7-5-6-8-17(16)12-24/h5-8,11,13,23H,9-10,12H2,1-4H3. The quantitative estimate of drug-likeness (QED) is 0.731. The summed E-state index contributed by atoms with van der Waals surface area (Å²) < 4.78 is 0. The smallest absolute Gasteiger partial charge is 0.138 e. The molecule has 1 aliphatic heterocycles. The van der Waals surface area contributed by atoms with E-state index in [0.717, 1.165) is 25.3 Å². The van der Waals surface area contributed by atoms with Crippen LogP contribution in [-0.2, 0) is 13.0 Å². The molecule has 3 heterocycles. The lowest BCUT2D eigenvalue weighted by molar-refractivity contribution is 0.723. The summed E-state index contributed by atoms with van der Waals surface area (Å²) in [5.41, 5.74) is 8.06. The molecule has 0 aliphatic carbocycles. The van der Waals surface area contributed by atoms with Crippen molar-refractivity contribution < 1.29 is 0 Å². The molecular weight excluding hydrogens is 294 g/mol. The van der Waals surface area contributed by atoms with Gasteiger partial charge in [0.1, 0.15) is 5.82 Å². The van der Waals surface area contributed by atoms with Crippen LogP contribution in [0.3, 0.4) is 0 Å². The average Bonchev–Trinajstić information content (AvgIpc) is 2.89. The molecule has 3 aromatic rings. The van der Waals surface area contributed by atoms with Crippen LogP contribution in [0.15, 0.2) is 30.5 Å². The summed E-state index contributed by atoms with van der Waals surface area (Å²) in [5.74, 6) is 1.60. The maximum atomic E-state index is 4.90. The maximum Gasteiger partial charge on any atom is 0.138 e. The topological polar surface area (TPSA) is 31.9 Å². The van der Waals surface area contributed by atoms with Crippen molar-refractivity contribution in [1.29, 1.82) is 0 Å². The molecule has 24 heavy (non-hydrogen) atoms. The van der Waals surface area contributed by atoms with Crippen LogP contribution >= 0.6 is 0 Å². The molecule has 3 nitrogen and oxygen atoms in total. The summed E-state index contributed by atoms with van der Waals surface area (Å²) >= 11 is 0. The van der Waals surface area contributed by atoms with Gasteiger partial charge < -0.3 is 9.88 Å². The van der Waals surface area contributed by atoms with Gasteiger partial charge in [-0.05, 0) is 48.4 Å². The predicted octanol–water partition coefficient (Wildman–Crippen LogP) is 4.87. The summed E-state index contributed by atoms with van der Waals surface area (Å²) in [6.07, 6.45) is 3.16. The van der Waals surface area contributed by atoms with E-state index in [0.29, 0.717) is 5.92 Å². The average molecular weight is 319 g/mol. The molecule has 0 amide bonds. The van der Waals surface area contributed by atoms with Gasteiger partial charge in [-0.2, -0.15) is 0 Å². The van der Waals surface area contributed by atoms with Crippen molar-refractivity contribution in [3.63, 3.8) is 0 Å². The van der Waals surface area contributed by atoms with Crippen molar-refractivity contribution in [2.75, 3.05) is 11.4 Å². The fourth-order valence-corrected chi connectivity index (χ4v) is 3.83. The fourth-order valence-electron chi connectivity index (χ4n) is 3.83. The lowest BCUT2D eigenvalue weighted by Gasteiger charge is -2.30. The number of fused-ring (bicyclic) bond motifs is 2. The summed E-state index contributed by atoms with van der Waals surface area (Å²) in [4.78, 5) is 11.0. The Kier molecular flexibility index (Phi) is 3.60. The molecule has 1 aromatic carbocycles. The first kappa shape index (κ1) is 15.3. The highest BCUT2D eigenvalue weighted by Crippen LogP contribution is 2.36. The Morgan fingerprint density at radius 1 is 1.12 bits per heavy atom. The number of hydrogen-bond donors (Lipinski definition) is 1. The van der Waals surface area contributed by atoms with Crippen molar-refractivity contribution in [3.05, 3.63) is 58.4 Å². The molecule has 1 aliphatic rings. The minimum atomic E-state index is 0.466. The zero-order valence-corrected chi connectivity index (χ0v) is 15.0. The number of pyridine rings is 1. The number of H-pyrrole nitrogens is 1. The van der Waals surface area contributed by atoms with E-state index in [4.69, 9.17) is 4.98 Å². The zero-order valence-electron chi connectivity index (χ0n) is 15.0. The van der Waals surface area contributed by atoms with E-state index in [2.05, 4.69) is 68.0 Å². The predicted molar refractivity (Wildman–Crippen MR) is 101 cm³/mol. The maximum absolute atomic E-state index is 4.90. The van der Waals surface area contributed by atoms with Gasteiger partial charge in [-0.1, -0.05) is 38.1 Å². The molecule has 124 valence electrons. The third-order valence-corrected chi connectivity index (χ3v) is 5.39. The van der Waals surface area contributed by atoms with E-state index in [-0.39, 0.29) is 0 Å². The SMILES string of the molecule is Cc1[nH]c2c(C(C)C)cnc(N3CCc4ccccc4C3)c2c1C.